The molecule has 0 aliphatic carbocycles. The van der Waals surface area contributed by atoms with Crippen LogP contribution < -0.4 is 5.32 Å². The fourth-order valence-corrected chi connectivity index (χ4v) is 1.42. The number of hydrogen-bond donors (Lipinski definition) is 1. The van der Waals surface area contributed by atoms with E-state index in [1.54, 1.807) is 0 Å². The maximum Gasteiger partial charge on any atom is 0.0460 e. The summed E-state index contributed by atoms with van der Waals surface area (Å²) >= 11 is 3.32. The molecule has 0 amide bonds. The Labute approximate surface area is 88.0 Å². The van der Waals surface area contributed by atoms with Crippen molar-refractivity contribution in [2.24, 2.45) is 0 Å². The first-order valence-electron chi connectivity index (χ1n) is 4.24. The summed E-state index contributed by atoms with van der Waals surface area (Å²) in [5.41, 5.74) is 3.76. The Hall–Kier alpha value is -0.760. The van der Waals surface area contributed by atoms with Gasteiger partial charge in [-0.05, 0) is 25.0 Å². The number of nitrogens with one attached hydrogen (secondary N) is 1. The molecule has 0 radical (unpaired) electrons. The van der Waals surface area contributed by atoms with Gasteiger partial charge < -0.3 is 5.32 Å². The van der Waals surface area contributed by atoms with Crippen LogP contribution in [0.4, 0.5) is 5.69 Å². The lowest BCUT2D eigenvalue weighted by Crippen LogP contribution is -2.03. The van der Waals surface area contributed by atoms with E-state index in [-0.39, 0.29) is 0 Å². The molecule has 0 atom stereocenters. The van der Waals surface area contributed by atoms with Crippen molar-refractivity contribution in [2.45, 2.75) is 13.8 Å². The van der Waals surface area contributed by atoms with E-state index in [0.29, 0.717) is 0 Å². The van der Waals surface area contributed by atoms with Gasteiger partial charge in [-0.2, -0.15) is 0 Å². The topological polar surface area (TPSA) is 12.0 Å². The first kappa shape index (κ1) is 10.3. The van der Waals surface area contributed by atoms with Gasteiger partial charge in [-0.15, -0.1) is 0 Å². The van der Waals surface area contributed by atoms with Gasteiger partial charge >= 0.3 is 0 Å². The van der Waals surface area contributed by atoms with Crippen LogP contribution in [0.3, 0.4) is 0 Å². The predicted molar refractivity (Wildman–Crippen MR) is 62.5 cm³/mol. The Morgan fingerprint density at radius 1 is 1.38 bits per heavy atom. The minimum Gasteiger partial charge on any atom is -0.380 e. The zero-order valence-electron chi connectivity index (χ0n) is 8.02. The van der Waals surface area contributed by atoms with Crippen LogP contribution in [-0.4, -0.2) is 6.54 Å². The highest BCUT2D eigenvalue weighted by Gasteiger charge is 2.00. The van der Waals surface area contributed by atoms with Crippen molar-refractivity contribution in [1.29, 1.82) is 0 Å². The molecule has 13 heavy (non-hydrogen) atoms. The summed E-state index contributed by atoms with van der Waals surface area (Å²) in [7, 11) is 0. The molecule has 0 saturated carbocycles. The molecule has 0 aromatic heterocycles. The smallest absolute Gasteiger partial charge is 0.0460 e. The summed E-state index contributed by atoms with van der Waals surface area (Å²) < 4.78 is 0.968. The number of aryl methyl sites for hydroxylation is 2. The molecule has 1 nitrogen and oxygen atoms in total. The van der Waals surface area contributed by atoms with Crippen LogP contribution in [0, 0.1) is 13.8 Å². The van der Waals surface area contributed by atoms with Gasteiger partial charge in [0.15, 0.2) is 0 Å². The number of hydrogen-bond acceptors (Lipinski definition) is 1. The molecule has 0 unspecified atom stereocenters. The van der Waals surface area contributed by atoms with Crippen molar-refractivity contribution in [3.05, 3.63) is 40.4 Å². The Bertz CT molecular complexity index is 298. The molecule has 0 bridgehead atoms. The summed E-state index contributed by atoms with van der Waals surface area (Å²) in [5, 5.41) is 3.33. The van der Waals surface area contributed by atoms with Crippen molar-refractivity contribution in [1.82, 2.24) is 0 Å². The SMILES string of the molecule is C=C(Br)CNc1c(C)cccc1C. The standard InChI is InChI=1S/C11H14BrN/c1-8-5-4-6-9(2)11(8)13-7-10(3)12/h4-6,13H,3,7H2,1-2H3. The molecular weight excluding hydrogens is 226 g/mol. The van der Waals surface area contributed by atoms with E-state index in [4.69, 9.17) is 0 Å². The molecule has 0 saturated heterocycles. The Kier molecular flexibility index (Phi) is 3.55. The minimum absolute atomic E-state index is 0.770. The Morgan fingerprint density at radius 2 is 1.92 bits per heavy atom. The second kappa shape index (κ2) is 4.47. The molecule has 70 valence electrons. The van der Waals surface area contributed by atoms with E-state index < -0.39 is 0 Å². The van der Waals surface area contributed by atoms with Crippen LogP contribution in [0.15, 0.2) is 29.3 Å². The van der Waals surface area contributed by atoms with Gasteiger partial charge in [-0.3, -0.25) is 0 Å². The number of rotatable bonds is 3. The fraction of sp³-hybridized carbons (Fsp3) is 0.273. The molecular formula is C11H14BrN. The largest absolute Gasteiger partial charge is 0.380 e. The monoisotopic (exact) mass is 239 g/mol. The fourth-order valence-electron chi connectivity index (χ4n) is 1.28. The van der Waals surface area contributed by atoms with Crippen LogP contribution >= 0.6 is 15.9 Å². The molecule has 0 aliphatic rings. The number of anilines is 1. The van der Waals surface area contributed by atoms with Crippen LogP contribution in [0.2, 0.25) is 0 Å². The van der Waals surface area contributed by atoms with E-state index in [2.05, 4.69) is 59.9 Å². The normalized spacial score (nSPS) is 9.77. The average Bonchev–Trinajstić information content (AvgIpc) is 2.03. The highest BCUT2D eigenvalue weighted by Crippen LogP contribution is 2.19. The van der Waals surface area contributed by atoms with Crippen molar-refractivity contribution in [3.8, 4) is 0 Å². The van der Waals surface area contributed by atoms with E-state index in [1.165, 1.54) is 16.8 Å². The Balaban J connectivity index is 2.81. The minimum atomic E-state index is 0.770. The molecule has 0 aliphatic heterocycles. The predicted octanol–water partition coefficient (Wildman–Crippen LogP) is 3.62. The maximum atomic E-state index is 3.78. The number of para-hydroxylation sites is 1. The number of benzene rings is 1. The van der Waals surface area contributed by atoms with Gasteiger partial charge in [0.2, 0.25) is 0 Å². The first-order valence-corrected chi connectivity index (χ1v) is 5.04. The van der Waals surface area contributed by atoms with Crippen LogP contribution in [0.1, 0.15) is 11.1 Å². The summed E-state index contributed by atoms with van der Waals surface area (Å²) in [5.74, 6) is 0. The third kappa shape index (κ3) is 2.88. The second-order valence-electron chi connectivity index (χ2n) is 3.14. The average molecular weight is 240 g/mol. The van der Waals surface area contributed by atoms with Crippen LogP contribution in [0.5, 0.6) is 0 Å². The summed E-state index contributed by atoms with van der Waals surface area (Å²) in [6.07, 6.45) is 0. The van der Waals surface area contributed by atoms with Gasteiger partial charge in [0, 0.05) is 16.7 Å². The van der Waals surface area contributed by atoms with E-state index in [0.717, 1.165) is 11.0 Å². The lowest BCUT2D eigenvalue weighted by atomic mass is 10.1. The van der Waals surface area contributed by atoms with Crippen molar-refractivity contribution >= 4 is 21.6 Å². The molecule has 1 rings (SSSR count). The van der Waals surface area contributed by atoms with E-state index in [9.17, 15) is 0 Å². The molecule has 1 N–H and O–H groups in total. The Morgan fingerprint density at radius 3 is 2.38 bits per heavy atom. The molecule has 1 aromatic carbocycles. The molecule has 0 heterocycles. The third-order valence-electron chi connectivity index (χ3n) is 1.94. The lowest BCUT2D eigenvalue weighted by molar-refractivity contribution is 1.26. The highest BCUT2D eigenvalue weighted by molar-refractivity contribution is 9.11. The van der Waals surface area contributed by atoms with Crippen LogP contribution in [-0.2, 0) is 0 Å². The lowest BCUT2D eigenvalue weighted by Gasteiger charge is -2.11. The number of halogens is 1. The zero-order valence-corrected chi connectivity index (χ0v) is 9.61. The highest BCUT2D eigenvalue weighted by atomic mass is 79.9. The first-order chi connectivity index (χ1) is 6.11. The second-order valence-corrected chi connectivity index (χ2v) is 4.26. The quantitative estimate of drug-likeness (QED) is 0.850. The maximum absolute atomic E-state index is 3.78. The summed E-state index contributed by atoms with van der Waals surface area (Å²) in [4.78, 5) is 0. The third-order valence-corrected chi connectivity index (χ3v) is 2.22. The van der Waals surface area contributed by atoms with Gasteiger partial charge in [0.05, 0.1) is 0 Å². The summed E-state index contributed by atoms with van der Waals surface area (Å²) in [6.45, 7) is 8.76. The van der Waals surface area contributed by atoms with Gasteiger partial charge in [-0.1, -0.05) is 40.7 Å². The summed E-state index contributed by atoms with van der Waals surface area (Å²) in [6, 6.07) is 6.28. The van der Waals surface area contributed by atoms with E-state index in [1.807, 2.05) is 0 Å². The molecule has 2 heteroatoms. The molecule has 0 spiro atoms. The van der Waals surface area contributed by atoms with E-state index >= 15 is 0 Å². The van der Waals surface area contributed by atoms with Crippen LogP contribution in [0.25, 0.3) is 0 Å². The van der Waals surface area contributed by atoms with Gasteiger partial charge in [0.25, 0.3) is 0 Å². The van der Waals surface area contributed by atoms with Crippen molar-refractivity contribution in [3.63, 3.8) is 0 Å². The van der Waals surface area contributed by atoms with Gasteiger partial charge in [0.1, 0.15) is 0 Å². The molecule has 1 aromatic rings. The van der Waals surface area contributed by atoms with Crippen molar-refractivity contribution in [2.75, 3.05) is 11.9 Å². The van der Waals surface area contributed by atoms with Gasteiger partial charge in [-0.25, -0.2) is 0 Å². The zero-order chi connectivity index (χ0) is 9.84. The van der Waals surface area contributed by atoms with Crippen molar-refractivity contribution < 1.29 is 0 Å². The molecule has 0 fully saturated rings.